The van der Waals surface area contributed by atoms with Crippen molar-refractivity contribution in [3.63, 3.8) is 0 Å². The van der Waals surface area contributed by atoms with Gasteiger partial charge in [-0.25, -0.2) is 0 Å². The summed E-state index contributed by atoms with van der Waals surface area (Å²) in [5, 5.41) is 6.21. The van der Waals surface area contributed by atoms with Crippen molar-refractivity contribution in [2.45, 2.75) is 188 Å². The fourth-order valence-electron chi connectivity index (χ4n) is 6.54. The number of carbonyl (C=O) groups is 2. The molecule has 42 heavy (non-hydrogen) atoms. The van der Waals surface area contributed by atoms with Crippen molar-refractivity contribution < 1.29 is 14.3 Å². The first-order chi connectivity index (χ1) is 20.4. The fraction of sp³-hybridized carbons (Fsp3) is 0.946. The van der Waals surface area contributed by atoms with Crippen molar-refractivity contribution >= 4 is 11.9 Å². The zero-order valence-corrected chi connectivity index (χ0v) is 28.6. The summed E-state index contributed by atoms with van der Waals surface area (Å²) in [5.74, 6) is 1.67. The molecule has 3 atom stereocenters. The van der Waals surface area contributed by atoms with Crippen LogP contribution in [0.2, 0.25) is 0 Å². The van der Waals surface area contributed by atoms with Crippen LogP contribution in [0, 0.1) is 17.8 Å². The zero-order valence-electron chi connectivity index (χ0n) is 28.6. The number of nitrogens with one attached hydrogen (secondary N) is 2. The number of unbranched alkanes of at least 4 members (excludes halogenated alkanes) is 18. The van der Waals surface area contributed by atoms with E-state index in [1.165, 1.54) is 116 Å². The second-order valence-electron chi connectivity index (χ2n) is 13.8. The first-order valence-electron chi connectivity index (χ1n) is 18.6. The van der Waals surface area contributed by atoms with E-state index in [4.69, 9.17) is 4.74 Å². The van der Waals surface area contributed by atoms with E-state index in [-0.39, 0.29) is 24.5 Å². The van der Waals surface area contributed by atoms with E-state index in [2.05, 4.69) is 38.3 Å². The maximum atomic E-state index is 12.3. The minimum atomic E-state index is -0.145. The van der Waals surface area contributed by atoms with E-state index in [1.54, 1.807) is 0 Å². The zero-order chi connectivity index (χ0) is 30.7. The molecule has 0 heterocycles. The Labute approximate surface area is 261 Å². The Morgan fingerprint density at radius 2 is 1.19 bits per heavy atom. The summed E-state index contributed by atoms with van der Waals surface area (Å²) in [4.78, 5) is 24.4. The second-order valence-corrected chi connectivity index (χ2v) is 13.8. The molecule has 248 valence electrons. The lowest BCUT2D eigenvalue weighted by Crippen LogP contribution is -2.38. The van der Waals surface area contributed by atoms with Crippen LogP contribution in [0.5, 0.6) is 0 Å². The van der Waals surface area contributed by atoms with Gasteiger partial charge in [0.2, 0.25) is 5.91 Å². The average molecular weight is 593 g/mol. The molecule has 0 aromatic heterocycles. The van der Waals surface area contributed by atoms with Crippen LogP contribution in [0.1, 0.15) is 182 Å². The number of esters is 1. The van der Waals surface area contributed by atoms with Gasteiger partial charge in [-0.3, -0.25) is 9.59 Å². The van der Waals surface area contributed by atoms with Crippen LogP contribution in [-0.2, 0) is 14.3 Å². The molecule has 1 aliphatic rings. The molecule has 0 radical (unpaired) electrons. The summed E-state index contributed by atoms with van der Waals surface area (Å²) >= 11 is 0. The quantitative estimate of drug-likeness (QED) is 0.0701. The first kappa shape index (κ1) is 38.9. The molecule has 0 spiro atoms. The number of rotatable bonds is 28. The van der Waals surface area contributed by atoms with Crippen molar-refractivity contribution in [3.05, 3.63) is 0 Å². The Hall–Kier alpha value is -1.10. The van der Waals surface area contributed by atoms with Crippen LogP contribution < -0.4 is 10.6 Å². The van der Waals surface area contributed by atoms with Gasteiger partial charge < -0.3 is 15.4 Å². The number of amides is 1. The van der Waals surface area contributed by atoms with Gasteiger partial charge in [0.05, 0.1) is 6.54 Å². The van der Waals surface area contributed by atoms with E-state index in [1.807, 2.05) is 0 Å². The molecule has 0 aromatic carbocycles. The molecule has 1 rings (SSSR count). The Kier molecular flexibility index (Phi) is 25.4. The molecule has 1 amide bonds. The van der Waals surface area contributed by atoms with Crippen molar-refractivity contribution in [2.75, 3.05) is 19.6 Å². The van der Waals surface area contributed by atoms with E-state index in [0.29, 0.717) is 37.3 Å². The average Bonchev–Trinajstić information content (AvgIpc) is 2.96. The van der Waals surface area contributed by atoms with Gasteiger partial charge in [0, 0.05) is 13.0 Å². The molecule has 2 N–H and O–H groups in total. The highest BCUT2D eigenvalue weighted by molar-refractivity contribution is 5.75. The van der Waals surface area contributed by atoms with E-state index < -0.39 is 0 Å². The van der Waals surface area contributed by atoms with Crippen LogP contribution >= 0.6 is 0 Å². The van der Waals surface area contributed by atoms with Crippen LogP contribution in [0.25, 0.3) is 0 Å². The third-order valence-electron chi connectivity index (χ3n) is 9.37. The molecule has 5 nitrogen and oxygen atoms in total. The molecule has 0 unspecified atom stereocenters. The largest absolute Gasteiger partial charge is 0.461 e. The monoisotopic (exact) mass is 593 g/mol. The van der Waals surface area contributed by atoms with Crippen LogP contribution in [0.3, 0.4) is 0 Å². The lowest BCUT2D eigenvalue weighted by atomic mass is 9.75. The molecule has 0 aliphatic heterocycles. The molecule has 0 aromatic rings. The summed E-state index contributed by atoms with van der Waals surface area (Å²) in [5.41, 5.74) is 0. The molecule has 1 saturated carbocycles. The molecule has 0 saturated heterocycles. The van der Waals surface area contributed by atoms with E-state index in [0.717, 1.165) is 32.1 Å². The second kappa shape index (κ2) is 27.4. The first-order valence-corrected chi connectivity index (χ1v) is 18.6. The minimum Gasteiger partial charge on any atom is -0.461 e. The van der Waals surface area contributed by atoms with Crippen molar-refractivity contribution in [2.24, 2.45) is 17.8 Å². The maximum absolute atomic E-state index is 12.3. The van der Waals surface area contributed by atoms with Gasteiger partial charge in [-0.05, 0) is 50.0 Å². The Morgan fingerprint density at radius 3 is 1.69 bits per heavy atom. The van der Waals surface area contributed by atoms with E-state index in [9.17, 15) is 9.59 Å². The van der Waals surface area contributed by atoms with Gasteiger partial charge in [-0.2, -0.15) is 0 Å². The summed E-state index contributed by atoms with van der Waals surface area (Å²) in [6.07, 6.45) is 30.9. The lowest BCUT2D eigenvalue weighted by Gasteiger charge is -2.36. The SMILES string of the molecule is CCCCCCCCCCCCCCCCCCCCCC(=O)NCCCNCC(=O)O[C@H]1C[C@@H](C)CC[C@@H]1C(C)C. The molecule has 5 heteroatoms. The van der Waals surface area contributed by atoms with Crippen molar-refractivity contribution in [1.82, 2.24) is 10.6 Å². The van der Waals surface area contributed by atoms with Crippen molar-refractivity contribution in [3.8, 4) is 0 Å². The highest BCUT2D eigenvalue weighted by Gasteiger charge is 2.33. The van der Waals surface area contributed by atoms with Gasteiger partial charge in [0.25, 0.3) is 0 Å². The Morgan fingerprint density at radius 1 is 0.690 bits per heavy atom. The topological polar surface area (TPSA) is 67.4 Å². The maximum Gasteiger partial charge on any atom is 0.320 e. The lowest BCUT2D eigenvalue weighted by molar-refractivity contribution is -0.154. The predicted molar refractivity (Wildman–Crippen MR) is 180 cm³/mol. The van der Waals surface area contributed by atoms with Gasteiger partial charge in [0.1, 0.15) is 6.10 Å². The highest BCUT2D eigenvalue weighted by atomic mass is 16.5. The molecule has 1 fully saturated rings. The number of ether oxygens (including phenoxy) is 1. The Balaban J connectivity index is 1.81. The summed E-state index contributed by atoms with van der Waals surface area (Å²) < 4.78 is 5.84. The fourth-order valence-corrected chi connectivity index (χ4v) is 6.54. The normalized spacial score (nSPS) is 18.8. The molecule has 1 aliphatic carbocycles. The number of hydrogen-bond acceptors (Lipinski definition) is 4. The van der Waals surface area contributed by atoms with Gasteiger partial charge in [0.15, 0.2) is 0 Å². The molecular formula is C37H72N2O3. The highest BCUT2D eigenvalue weighted by Crippen LogP contribution is 2.35. The van der Waals surface area contributed by atoms with Gasteiger partial charge >= 0.3 is 5.97 Å². The molecular weight excluding hydrogens is 520 g/mol. The summed E-state index contributed by atoms with van der Waals surface area (Å²) in [6.45, 7) is 10.6. The summed E-state index contributed by atoms with van der Waals surface area (Å²) in [6, 6.07) is 0. The van der Waals surface area contributed by atoms with Gasteiger partial charge in [-0.1, -0.05) is 150 Å². The van der Waals surface area contributed by atoms with Crippen molar-refractivity contribution in [1.29, 1.82) is 0 Å². The van der Waals surface area contributed by atoms with Crippen LogP contribution in [0.15, 0.2) is 0 Å². The Bertz CT molecular complexity index is 639. The number of hydrogen-bond donors (Lipinski definition) is 2. The summed E-state index contributed by atoms with van der Waals surface area (Å²) in [7, 11) is 0. The molecule has 0 bridgehead atoms. The third kappa shape index (κ3) is 22.4. The minimum absolute atomic E-state index is 0.0615. The van der Waals surface area contributed by atoms with E-state index >= 15 is 0 Å². The predicted octanol–water partition coefficient (Wildman–Crippen LogP) is 9.91. The number of carbonyl (C=O) groups excluding carboxylic acids is 2. The van der Waals surface area contributed by atoms with Crippen LogP contribution in [-0.4, -0.2) is 37.6 Å². The van der Waals surface area contributed by atoms with Gasteiger partial charge in [-0.15, -0.1) is 0 Å². The standard InChI is InChI=1S/C37H72N2O3/c1-5-6-7-8-9-10-11-12-13-14-15-16-17-18-19-20-21-22-23-25-36(40)39-29-24-28-38-31-37(41)42-35-30-33(4)26-27-34(35)32(2)3/h32-35,38H,5-31H2,1-4H3,(H,39,40)/t33-,34+,35-/m0/s1. The third-order valence-corrected chi connectivity index (χ3v) is 9.37. The van der Waals surface area contributed by atoms with Crippen LogP contribution in [0.4, 0.5) is 0 Å². The smallest absolute Gasteiger partial charge is 0.320 e.